The number of nitrogens with zero attached hydrogens (tertiary/aromatic N) is 4. The molecule has 0 spiro atoms. The second-order valence-corrected chi connectivity index (χ2v) is 6.78. The second-order valence-electron chi connectivity index (χ2n) is 6.78. The van der Waals surface area contributed by atoms with Crippen LogP contribution in [0.2, 0.25) is 0 Å². The number of piperazine rings is 1. The fourth-order valence-corrected chi connectivity index (χ4v) is 3.55. The minimum atomic E-state index is -0.523. The SMILES string of the molecule is O=C(c1ccccc1F)N1CCN(c2ccc([N+](=O)[O-])cc2-n2cccc2)CC1. The maximum atomic E-state index is 13.9. The average Bonchev–Trinajstić information content (AvgIpc) is 3.28. The van der Waals surface area contributed by atoms with Crippen molar-refractivity contribution >= 4 is 17.3 Å². The summed E-state index contributed by atoms with van der Waals surface area (Å²) in [6, 6.07) is 14.5. The zero-order valence-corrected chi connectivity index (χ0v) is 15.6. The Labute approximate surface area is 166 Å². The van der Waals surface area contributed by atoms with Gasteiger partial charge in [0.15, 0.2) is 0 Å². The maximum absolute atomic E-state index is 13.9. The molecule has 1 fully saturated rings. The van der Waals surface area contributed by atoms with Crippen LogP contribution in [0.15, 0.2) is 67.0 Å². The molecule has 2 heterocycles. The molecule has 0 radical (unpaired) electrons. The quantitative estimate of drug-likeness (QED) is 0.502. The van der Waals surface area contributed by atoms with Crippen LogP contribution >= 0.6 is 0 Å². The highest BCUT2D eigenvalue weighted by atomic mass is 19.1. The molecule has 7 nitrogen and oxygen atoms in total. The third-order valence-corrected chi connectivity index (χ3v) is 5.06. The number of rotatable bonds is 4. The molecule has 1 aliphatic heterocycles. The van der Waals surface area contributed by atoms with Crippen molar-refractivity contribution < 1.29 is 14.1 Å². The van der Waals surface area contributed by atoms with Gasteiger partial charge >= 0.3 is 0 Å². The van der Waals surface area contributed by atoms with Crippen LogP contribution in [0.3, 0.4) is 0 Å². The monoisotopic (exact) mass is 394 g/mol. The molecule has 0 aliphatic carbocycles. The first-order valence-corrected chi connectivity index (χ1v) is 9.25. The van der Waals surface area contributed by atoms with Crippen molar-refractivity contribution in [1.82, 2.24) is 9.47 Å². The molecular weight excluding hydrogens is 375 g/mol. The van der Waals surface area contributed by atoms with E-state index >= 15 is 0 Å². The van der Waals surface area contributed by atoms with Gasteiger partial charge in [0.2, 0.25) is 0 Å². The smallest absolute Gasteiger partial charge is 0.271 e. The highest BCUT2D eigenvalue weighted by Crippen LogP contribution is 2.30. The van der Waals surface area contributed by atoms with Crippen LogP contribution < -0.4 is 4.90 Å². The number of nitro benzene ring substituents is 1. The average molecular weight is 394 g/mol. The Balaban J connectivity index is 1.55. The first-order valence-electron chi connectivity index (χ1n) is 9.25. The van der Waals surface area contributed by atoms with Crippen LogP contribution in [0.5, 0.6) is 0 Å². The van der Waals surface area contributed by atoms with E-state index in [2.05, 4.69) is 4.90 Å². The third kappa shape index (κ3) is 3.69. The predicted molar refractivity (Wildman–Crippen MR) is 107 cm³/mol. The number of non-ortho nitro benzene ring substituents is 1. The van der Waals surface area contributed by atoms with Crippen molar-refractivity contribution in [3.63, 3.8) is 0 Å². The number of amides is 1. The van der Waals surface area contributed by atoms with E-state index in [-0.39, 0.29) is 17.2 Å². The molecule has 0 bridgehead atoms. The molecule has 2 aromatic carbocycles. The highest BCUT2D eigenvalue weighted by molar-refractivity contribution is 5.94. The summed E-state index contributed by atoms with van der Waals surface area (Å²) in [7, 11) is 0. The maximum Gasteiger partial charge on any atom is 0.271 e. The molecule has 0 atom stereocenters. The number of aromatic nitrogens is 1. The number of benzene rings is 2. The molecule has 148 valence electrons. The molecule has 29 heavy (non-hydrogen) atoms. The van der Waals surface area contributed by atoms with E-state index < -0.39 is 10.7 Å². The third-order valence-electron chi connectivity index (χ3n) is 5.06. The molecular formula is C21H19FN4O3. The Kier molecular flexibility index (Phi) is 4.99. The summed E-state index contributed by atoms with van der Waals surface area (Å²) in [5, 5.41) is 11.2. The van der Waals surface area contributed by atoms with E-state index in [1.54, 1.807) is 29.2 Å². The first kappa shape index (κ1) is 18.7. The number of carbonyl (C=O) groups excluding carboxylic acids is 1. The molecule has 1 amide bonds. The van der Waals surface area contributed by atoms with Crippen LogP contribution in [0.1, 0.15) is 10.4 Å². The van der Waals surface area contributed by atoms with Crippen molar-refractivity contribution in [2.75, 3.05) is 31.1 Å². The Morgan fingerprint density at radius 1 is 0.931 bits per heavy atom. The molecule has 1 aliphatic rings. The summed E-state index contributed by atoms with van der Waals surface area (Å²) in [6.07, 6.45) is 3.67. The molecule has 0 saturated carbocycles. The summed E-state index contributed by atoms with van der Waals surface area (Å²) >= 11 is 0. The van der Waals surface area contributed by atoms with E-state index in [9.17, 15) is 19.3 Å². The summed E-state index contributed by atoms with van der Waals surface area (Å²) < 4.78 is 15.8. The molecule has 0 unspecified atom stereocenters. The van der Waals surface area contributed by atoms with Gasteiger partial charge in [0.1, 0.15) is 5.82 Å². The van der Waals surface area contributed by atoms with Gasteiger partial charge in [-0.2, -0.15) is 0 Å². The van der Waals surface area contributed by atoms with Gasteiger partial charge in [-0.3, -0.25) is 14.9 Å². The number of halogens is 1. The van der Waals surface area contributed by atoms with Crippen LogP contribution in [0.25, 0.3) is 5.69 Å². The van der Waals surface area contributed by atoms with Gasteiger partial charge in [0.05, 0.1) is 21.9 Å². The lowest BCUT2D eigenvalue weighted by Gasteiger charge is -2.37. The Hall–Kier alpha value is -3.68. The van der Waals surface area contributed by atoms with Gasteiger partial charge in [-0.05, 0) is 30.3 Å². The van der Waals surface area contributed by atoms with Gasteiger partial charge in [-0.1, -0.05) is 12.1 Å². The standard InChI is InChI=1S/C21H19FN4O3/c22-18-6-2-1-5-17(18)21(27)25-13-11-24(12-14-25)19-8-7-16(26(28)29)15-20(19)23-9-3-4-10-23/h1-10,15H,11-14H2. The number of hydrogen-bond donors (Lipinski definition) is 0. The predicted octanol–water partition coefficient (Wildman–Crippen LogP) is 3.49. The van der Waals surface area contributed by atoms with Gasteiger partial charge in [0, 0.05) is 50.7 Å². The van der Waals surface area contributed by atoms with Gasteiger partial charge in [0.25, 0.3) is 11.6 Å². The minimum absolute atomic E-state index is 0.0193. The Morgan fingerprint density at radius 2 is 1.62 bits per heavy atom. The van der Waals surface area contributed by atoms with Crippen LogP contribution in [-0.2, 0) is 0 Å². The summed E-state index contributed by atoms with van der Waals surface area (Å²) in [5.41, 5.74) is 1.65. The molecule has 0 N–H and O–H groups in total. The number of carbonyl (C=O) groups is 1. The van der Waals surface area contributed by atoms with Crippen LogP contribution in [0.4, 0.5) is 15.8 Å². The molecule has 3 aromatic rings. The molecule has 8 heteroatoms. The van der Waals surface area contributed by atoms with Crippen LogP contribution in [-0.4, -0.2) is 46.5 Å². The first-order chi connectivity index (χ1) is 14.0. The molecule has 4 rings (SSSR count). The van der Waals surface area contributed by atoms with Gasteiger partial charge in [-0.15, -0.1) is 0 Å². The van der Waals surface area contributed by atoms with Crippen molar-refractivity contribution in [2.24, 2.45) is 0 Å². The van der Waals surface area contributed by atoms with Crippen molar-refractivity contribution in [2.45, 2.75) is 0 Å². The fraction of sp³-hybridized carbons (Fsp3) is 0.190. The lowest BCUT2D eigenvalue weighted by atomic mass is 10.1. The van der Waals surface area contributed by atoms with E-state index in [4.69, 9.17) is 0 Å². The zero-order chi connectivity index (χ0) is 20.4. The van der Waals surface area contributed by atoms with Crippen molar-refractivity contribution in [1.29, 1.82) is 0 Å². The number of hydrogen-bond acceptors (Lipinski definition) is 4. The van der Waals surface area contributed by atoms with Crippen LogP contribution in [0, 0.1) is 15.9 Å². The van der Waals surface area contributed by atoms with E-state index in [1.807, 2.05) is 29.1 Å². The minimum Gasteiger partial charge on any atom is -0.366 e. The van der Waals surface area contributed by atoms with Gasteiger partial charge < -0.3 is 14.4 Å². The van der Waals surface area contributed by atoms with Crippen molar-refractivity contribution in [3.8, 4) is 5.69 Å². The summed E-state index contributed by atoms with van der Waals surface area (Å²) in [6.45, 7) is 1.98. The Morgan fingerprint density at radius 3 is 2.28 bits per heavy atom. The van der Waals surface area contributed by atoms with E-state index in [0.717, 1.165) is 5.69 Å². The highest BCUT2D eigenvalue weighted by Gasteiger charge is 2.26. The fourth-order valence-electron chi connectivity index (χ4n) is 3.55. The van der Waals surface area contributed by atoms with E-state index in [1.165, 1.54) is 18.2 Å². The largest absolute Gasteiger partial charge is 0.366 e. The molecule has 1 saturated heterocycles. The lowest BCUT2D eigenvalue weighted by molar-refractivity contribution is -0.384. The van der Waals surface area contributed by atoms with Crippen molar-refractivity contribution in [3.05, 3.63) is 88.5 Å². The van der Waals surface area contributed by atoms with E-state index in [0.29, 0.717) is 31.9 Å². The Bertz CT molecular complexity index is 1040. The van der Waals surface area contributed by atoms with Gasteiger partial charge in [-0.25, -0.2) is 4.39 Å². The molecule has 1 aromatic heterocycles. The lowest BCUT2D eigenvalue weighted by Crippen LogP contribution is -2.49. The topological polar surface area (TPSA) is 71.6 Å². The summed E-state index contributed by atoms with van der Waals surface area (Å²) in [5.74, 6) is -0.845. The number of anilines is 1. The number of nitro groups is 1. The second kappa shape index (κ2) is 7.75. The normalized spacial score (nSPS) is 14.1. The zero-order valence-electron chi connectivity index (χ0n) is 15.6. The summed E-state index contributed by atoms with van der Waals surface area (Å²) in [4.78, 5) is 27.1.